The molecule has 0 aromatic heterocycles. The van der Waals surface area contributed by atoms with Gasteiger partial charge < -0.3 is 15.4 Å². The van der Waals surface area contributed by atoms with Gasteiger partial charge in [0.1, 0.15) is 12.1 Å². The molecule has 26 heavy (non-hydrogen) atoms. The van der Waals surface area contributed by atoms with Crippen molar-refractivity contribution in [1.82, 2.24) is 10.2 Å². The molecule has 0 aliphatic carbocycles. The van der Waals surface area contributed by atoms with E-state index in [1.165, 1.54) is 26.8 Å². The predicted molar refractivity (Wildman–Crippen MR) is 89.7 cm³/mol. The number of esters is 1. The van der Waals surface area contributed by atoms with Gasteiger partial charge in [-0.05, 0) is 39.0 Å². The Hall–Kier alpha value is -3.41. The van der Waals surface area contributed by atoms with Gasteiger partial charge in [0, 0.05) is 5.69 Å². The fraction of sp³-hybridized carbons (Fsp3) is 0.353. The Morgan fingerprint density at radius 1 is 1.38 bits per heavy atom. The Morgan fingerprint density at radius 3 is 2.65 bits per heavy atom. The number of hydrogen-bond acceptors (Lipinski definition) is 6. The van der Waals surface area contributed by atoms with Gasteiger partial charge in [-0.3, -0.25) is 19.3 Å². The Bertz CT molecular complexity index is 812. The molecule has 1 fully saturated rings. The first-order chi connectivity index (χ1) is 12.1. The predicted octanol–water partition coefficient (Wildman–Crippen LogP) is 0.759. The topological polar surface area (TPSA) is 129 Å². The molecule has 9 heteroatoms. The van der Waals surface area contributed by atoms with Gasteiger partial charge in [0.15, 0.2) is 6.10 Å². The number of anilines is 1. The zero-order valence-corrected chi connectivity index (χ0v) is 14.5. The Balaban J connectivity index is 1.92. The molecule has 1 saturated heterocycles. The van der Waals surface area contributed by atoms with Crippen LogP contribution in [-0.2, 0) is 19.1 Å². The largest absolute Gasteiger partial charge is 0.451 e. The highest BCUT2D eigenvalue weighted by Crippen LogP contribution is 2.16. The van der Waals surface area contributed by atoms with Gasteiger partial charge in [-0.2, -0.15) is 5.26 Å². The number of benzene rings is 1. The van der Waals surface area contributed by atoms with E-state index in [1.807, 2.05) is 6.07 Å². The van der Waals surface area contributed by atoms with Crippen LogP contribution < -0.4 is 10.6 Å². The molecule has 136 valence electrons. The third-order valence-electron chi connectivity index (χ3n) is 3.67. The minimum atomic E-state index is -1.15. The van der Waals surface area contributed by atoms with Crippen LogP contribution in [0.15, 0.2) is 24.3 Å². The highest BCUT2D eigenvalue weighted by Gasteiger charge is 2.45. The van der Waals surface area contributed by atoms with Crippen LogP contribution in [0, 0.1) is 11.3 Å². The summed E-state index contributed by atoms with van der Waals surface area (Å²) < 4.78 is 4.98. The second-order valence-electron chi connectivity index (χ2n) is 6.26. The molecule has 1 atom stereocenters. The maximum atomic E-state index is 12.1. The smallest absolute Gasteiger partial charge is 0.327 e. The number of amides is 4. The monoisotopic (exact) mass is 358 g/mol. The molecule has 4 amide bonds. The Morgan fingerprint density at radius 2 is 2.08 bits per heavy atom. The summed E-state index contributed by atoms with van der Waals surface area (Å²) in [6, 6.07) is 7.50. The Labute approximate surface area is 149 Å². The second kappa shape index (κ2) is 7.23. The lowest BCUT2D eigenvalue weighted by Crippen LogP contribution is -2.42. The highest BCUT2D eigenvalue weighted by molar-refractivity contribution is 6.08. The molecule has 1 heterocycles. The number of imide groups is 1. The molecule has 0 radical (unpaired) electrons. The molecular weight excluding hydrogens is 340 g/mol. The van der Waals surface area contributed by atoms with E-state index in [9.17, 15) is 19.2 Å². The number of carbonyl (C=O) groups is 4. The third kappa shape index (κ3) is 4.16. The van der Waals surface area contributed by atoms with Crippen molar-refractivity contribution in [3.05, 3.63) is 29.8 Å². The van der Waals surface area contributed by atoms with E-state index in [0.717, 1.165) is 4.90 Å². The molecular formula is C17H18N4O5. The van der Waals surface area contributed by atoms with Crippen LogP contribution in [0.25, 0.3) is 0 Å². The van der Waals surface area contributed by atoms with Crippen molar-refractivity contribution in [2.45, 2.75) is 32.4 Å². The lowest BCUT2D eigenvalue weighted by Gasteiger charge is -2.17. The van der Waals surface area contributed by atoms with Crippen molar-refractivity contribution in [3.63, 3.8) is 0 Å². The van der Waals surface area contributed by atoms with E-state index in [4.69, 9.17) is 10.00 Å². The number of nitriles is 1. The van der Waals surface area contributed by atoms with Gasteiger partial charge in [-0.1, -0.05) is 6.07 Å². The number of urea groups is 1. The zero-order valence-electron chi connectivity index (χ0n) is 14.5. The number of hydrogen-bond donors (Lipinski definition) is 2. The average Bonchev–Trinajstić information content (AvgIpc) is 2.76. The van der Waals surface area contributed by atoms with Crippen molar-refractivity contribution in [2.75, 3.05) is 11.9 Å². The molecule has 1 aliphatic heterocycles. The van der Waals surface area contributed by atoms with E-state index in [2.05, 4.69) is 10.6 Å². The molecule has 1 aromatic rings. The van der Waals surface area contributed by atoms with E-state index < -0.39 is 42.0 Å². The van der Waals surface area contributed by atoms with Gasteiger partial charge in [-0.25, -0.2) is 4.79 Å². The molecule has 0 bridgehead atoms. The lowest BCUT2D eigenvalue weighted by atomic mass is 10.1. The summed E-state index contributed by atoms with van der Waals surface area (Å²) in [5.74, 6) is -2.05. The molecule has 0 saturated carbocycles. The van der Waals surface area contributed by atoms with Gasteiger partial charge in [0.25, 0.3) is 11.8 Å². The van der Waals surface area contributed by atoms with E-state index in [-0.39, 0.29) is 0 Å². The van der Waals surface area contributed by atoms with E-state index >= 15 is 0 Å². The third-order valence-corrected chi connectivity index (χ3v) is 3.67. The fourth-order valence-electron chi connectivity index (χ4n) is 2.29. The van der Waals surface area contributed by atoms with Crippen LogP contribution in [0.3, 0.4) is 0 Å². The van der Waals surface area contributed by atoms with Crippen molar-refractivity contribution in [2.24, 2.45) is 0 Å². The van der Waals surface area contributed by atoms with Crippen molar-refractivity contribution < 1.29 is 23.9 Å². The SMILES string of the molecule is C[C@H](OC(=O)CN1C(=O)NC(C)(C)C1=O)C(=O)Nc1cccc(C#N)c1. The summed E-state index contributed by atoms with van der Waals surface area (Å²) in [5.41, 5.74) is -0.340. The van der Waals surface area contributed by atoms with E-state index in [1.54, 1.807) is 18.2 Å². The van der Waals surface area contributed by atoms with Gasteiger partial charge in [-0.15, -0.1) is 0 Å². The first-order valence-corrected chi connectivity index (χ1v) is 7.78. The highest BCUT2D eigenvalue weighted by atomic mass is 16.5. The van der Waals surface area contributed by atoms with Crippen LogP contribution in [0.4, 0.5) is 10.5 Å². The molecule has 0 spiro atoms. The van der Waals surface area contributed by atoms with Crippen molar-refractivity contribution in [3.8, 4) is 6.07 Å². The molecule has 1 aromatic carbocycles. The maximum Gasteiger partial charge on any atom is 0.327 e. The van der Waals surface area contributed by atoms with Crippen molar-refractivity contribution in [1.29, 1.82) is 5.26 Å². The van der Waals surface area contributed by atoms with Gasteiger partial charge in [0.2, 0.25) is 0 Å². The number of ether oxygens (including phenoxy) is 1. The summed E-state index contributed by atoms with van der Waals surface area (Å²) in [6.07, 6.45) is -1.15. The normalized spacial score (nSPS) is 16.5. The Kier molecular flexibility index (Phi) is 5.26. The van der Waals surface area contributed by atoms with Crippen LogP contribution in [0.5, 0.6) is 0 Å². The van der Waals surface area contributed by atoms with Gasteiger partial charge >= 0.3 is 12.0 Å². The van der Waals surface area contributed by atoms with Crippen molar-refractivity contribution >= 4 is 29.5 Å². The summed E-state index contributed by atoms with van der Waals surface area (Å²) in [7, 11) is 0. The van der Waals surface area contributed by atoms with Crippen LogP contribution in [-0.4, -0.2) is 46.9 Å². The first kappa shape index (κ1) is 18.9. The quantitative estimate of drug-likeness (QED) is 0.590. The number of carbonyl (C=O) groups excluding carboxylic acids is 4. The minimum absolute atomic E-state index is 0.369. The van der Waals surface area contributed by atoms with Gasteiger partial charge in [0.05, 0.1) is 11.6 Å². The molecule has 2 N–H and O–H groups in total. The number of nitrogens with zero attached hydrogens (tertiary/aromatic N) is 2. The average molecular weight is 358 g/mol. The molecule has 9 nitrogen and oxygen atoms in total. The number of rotatable bonds is 5. The summed E-state index contributed by atoms with van der Waals surface area (Å²) in [6.45, 7) is 3.81. The fourth-order valence-corrected chi connectivity index (χ4v) is 2.29. The second-order valence-corrected chi connectivity index (χ2v) is 6.26. The summed E-state index contributed by atoms with van der Waals surface area (Å²) in [5, 5.41) is 13.8. The summed E-state index contributed by atoms with van der Waals surface area (Å²) in [4.78, 5) is 48.5. The molecule has 2 rings (SSSR count). The standard InChI is InChI=1S/C17H18N4O5/c1-10(14(23)19-12-6-4-5-11(7-12)8-18)26-13(22)9-21-15(24)17(2,3)20-16(21)25/h4-7,10H,9H2,1-3H3,(H,19,23)(H,20,25)/t10-/m0/s1. The zero-order chi connectivity index (χ0) is 19.5. The minimum Gasteiger partial charge on any atom is -0.451 e. The lowest BCUT2D eigenvalue weighted by molar-refractivity contribution is -0.155. The van der Waals surface area contributed by atoms with Crippen LogP contribution >= 0.6 is 0 Å². The van der Waals surface area contributed by atoms with Crippen LogP contribution in [0.2, 0.25) is 0 Å². The summed E-state index contributed by atoms with van der Waals surface area (Å²) >= 11 is 0. The molecule has 0 unspecified atom stereocenters. The number of nitrogens with one attached hydrogen (secondary N) is 2. The van der Waals surface area contributed by atoms with Crippen LogP contribution in [0.1, 0.15) is 26.3 Å². The molecule has 1 aliphatic rings. The first-order valence-electron chi connectivity index (χ1n) is 7.78. The maximum absolute atomic E-state index is 12.1. The van der Waals surface area contributed by atoms with E-state index in [0.29, 0.717) is 11.3 Å².